The van der Waals surface area contributed by atoms with Crippen LogP contribution in [-0.2, 0) is 11.2 Å². The molecule has 1 fully saturated rings. The van der Waals surface area contributed by atoms with Crippen molar-refractivity contribution < 1.29 is 9.53 Å². The lowest BCUT2D eigenvalue weighted by Gasteiger charge is -2.23. The summed E-state index contributed by atoms with van der Waals surface area (Å²) in [6, 6.07) is 5.52. The molecule has 2 aliphatic rings. The second kappa shape index (κ2) is 5.39. The van der Waals surface area contributed by atoms with Gasteiger partial charge in [-0.2, -0.15) is 0 Å². The summed E-state index contributed by atoms with van der Waals surface area (Å²) in [5.41, 5.74) is 1.03. The first kappa shape index (κ1) is 12.8. The molecule has 2 aliphatic heterocycles. The van der Waals surface area contributed by atoms with Gasteiger partial charge in [0, 0.05) is 31.1 Å². The van der Waals surface area contributed by atoms with Crippen LogP contribution in [0.15, 0.2) is 18.2 Å². The average molecular weight is 281 g/mol. The maximum atomic E-state index is 12.4. The number of nitrogens with one attached hydrogen (secondary N) is 1. The molecule has 2 heterocycles. The number of carbonyl (C=O) groups excluding carboxylic acids is 1. The highest BCUT2D eigenvalue weighted by Crippen LogP contribution is 2.31. The smallest absolute Gasteiger partial charge is 0.264 e. The second-order valence-corrected chi connectivity index (χ2v) is 5.43. The van der Waals surface area contributed by atoms with E-state index in [0.717, 1.165) is 43.9 Å². The lowest BCUT2D eigenvalue weighted by Crippen LogP contribution is -2.43. The number of rotatable bonds is 1. The lowest BCUT2D eigenvalue weighted by atomic mass is 10.1. The van der Waals surface area contributed by atoms with Crippen LogP contribution >= 0.6 is 11.6 Å². The van der Waals surface area contributed by atoms with Crippen molar-refractivity contribution >= 4 is 17.5 Å². The Balaban J connectivity index is 1.69. The molecule has 19 heavy (non-hydrogen) atoms. The number of benzene rings is 1. The summed E-state index contributed by atoms with van der Waals surface area (Å²) in [7, 11) is 0. The van der Waals surface area contributed by atoms with E-state index < -0.39 is 0 Å². The predicted molar refractivity (Wildman–Crippen MR) is 73.6 cm³/mol. The van der Waals surface area contributed by atoms with Crippen molar-refractivity contribution in [2.24, 2.45) is 0 Å². The Hall–Kier alpha value is -1.26. The molecular formula is C14H17ClN2O2. The van der Waals surface area contributed by atoms with Crippen LogP contribution in [0.25, 0.3) is 0 Å². The van der Waals surface area contributed by atoms with Gasteiger partial charge in [0.1, 0.15) is 5.75 Å². The zero-order valence-corrected chi connectivity index (χ0v) is 11.4. The molecule has 1 atom stereocenters. The van der Waals surface area contributed by atoms with Crippen molar-refractivity contribution in [1.29, 1.82) is 0 Å². The van der Waals surface area contributed by atoms with Gasteiger partial charge < -0.3 is 15.0 Å². The summed E-state index contributed by atoms with van der Waals surface area (Å²) in [5.74, 6) is 0.881. The van der Waals surface area contributed by atoms with E-state index in [2.05, 4.69) is 5.32 Å². The Kier molecular flexibility index (Phi) is 3.62. The molecule has 1 N–H and O–H groups in total. The summed E-state index contributed by atoms with van der Waals surface area (Å²) < 4.78 is 5.75. The van der Waals surface area contributed by atoms with Crippen LogP contribution in [-0.4, -0.2) is 43.1 Å². The predicted octanol–water partition coefficient (Wildman–Crippen LogP) is 1.47. The van der Waals surface area contributed by atoms with Crippen LogP contribution < -0.4 is 10.1 Å². The third-order valence-electron chi connectivity index (χ3n) is 3.62. The minimum Gasteiger partial charge on any atom is -0.480 e. The minimum atomic E-state index is -0.383. The van der Waals surface area contributed by atoms with E-state index in [9.17, 15) is 4.79 Å². The monoisotopic (exact) mass is 280 g/mol. The first-order valence-electron chi connectivity index (χ1n) is 6.68. The Morgan fingerprint density at radius 2 is 2.26 bits per heavy atom. The topological polar surface area (TPSA) is 41.6 Å². The molecule has 0 bridgehead atoms. The number of nitrogens with zero attached hydrogens (tertiary/aromatic N) is 1. The molecule has 1 saturated heterocycles. The largest absolute Gasteiger partial charge is 0.480 e. The summed E-state index contributed by atoms with van der Waals surface area (Å²) in [6.45, 7) is 3.40. The molecule has 5 heteroatoms. The van der Waals surface area contributed by atoms with E-state index in [1.807, 2.05) is 17.0 Å². The van der Waals surface area contributed by atoms with Crippen LogP contribution in [0.3, 0.4) is 0 Å². The summed E-state index contributed by atoms with van der Waals surface area (Å²) in [6.07, 6.45) is 1.24. The SMILES string of the molecule is O=C(C1Cc2cc(Cl)ccc2O1)N1CCCNCC1. The normalized spacial score (nSPS) is 22.6. The van der Waals surface area contributed by atoms with Crippen LogP contribution in [0.4, 0.5) is 0 Å². The molecular weight excluding hydrogens is 264 g/mol. The van der Waals surface area contributed by atoms with Gasteiger partial charge in [-0.25, -0.2) is 0 Å². The van der Waals surface area contributed by atoms with Crippen LogP contribution in [0.2, 0.25) is 5.02 Å². The van der Waals surface area contributed by atoms with E-state index in [-0.39, 0.29) is 12.0 Å². The fraction of sp³-hybridized carbons (Fsp3) is 0.500. The maximum Gasteiger partial charge on any atom is 0.264 e. The van der Waals surface area contributed by atoms with Gasteiger partial charge in [0.05, 0.1) is 0 Å². The van der Waals surface area contributed by atoms with E-state index in [4.69, 9.17) is 16.3 Å². The highest BCUT2D eigenvalue weighted by molar-refractivity contribution is 6.30. The van der Waals surface area contributed by atoms with Gasteiger partial charge in [-0.3, -0.25) is 4.79 Å². The third-order valence-corrected chi connectivity index (χ3v) is 3.86. The molecule has 0 saturated carbocycles. The number of carbonyl (C=O) groups is 1. The van der Waals surface area contributed by atoms with E-state index in [0.29, 0.717) is 11.4 Å². The van der Waals surface area contributed by atoms with Crippen LogP contribution in [0.5, 0.6) is 5.75 Å². The number of fused-ring (bicyclic) bond motifs is 1. The molecule has 3 rings (SSSR count). The Bertz CT molecular complexity index is 484. The third kappa shape index (κ3) is 2.69. The zero-order valence-electron chi connectivity index (χ0n) is 10.7. The van der Waals surface area contributed by atoms with Gasteiger partial charge in [0.2, 0.25) is 0 Å². The van der Waals surface area contributed by atoms with Crippen molar-refractivity contribution in [2.75, 3.05) is 26.2 Å². The van der Waals surface area contributed by atoms with Crippen molar-refractivity contribution in [2.45, 2.75) is 18.9 Å². The molecule has 0 spiro atoms. The molecule has 1 amide bonds. The van der Waals surface area contributed by atoms with E-state index in [1.165, 1.54) is 0 Å². The molecule has 0 radical (unpaired) electrons. The molecule has 1 aromatic rings. The summed E-state index contributed by atoms with van der Waals surface area (Å²) >= 11 is 5.96. The number of hydrogen-bond donors (Lipinski definition) is 1. The van der Waals surface area contributed by atoms with Gasteiger partial charge in [-0.05, 0) is 36.7 Å². The molecule has 102 valence electrons. The number of halogens is 1. The summed E-state index contributed by atoms with van der Waals surface area (Å²) in [5, 5.41) is 3.98. The first-order chi connectivity index (χ1) is 9.24. The highest BCUT2D eigenvalue weighted by atomic mass is 35.5. The number of ether oxygens (including phenoxy) is 1. The summed E-state index contributed by atoms with van der Waals surface area (Å²) in [4.78, 5) is 14.3. The van der Waals surface area contributed by atoms with E-state index in [1.54, 1.807) is 6.07 Å². The van der Waals surface area contributed by atoms with Gasteiger partial charge in [0.25, 0.3) is 5.91 Å². The maximum absolute atomic E-state index is 12.4. The van der Waals surface area contributed by atoms with Gasteiger partial charge in [0.15, 0.2) is 6.10 Å². The first-order valence-corrected chi connectivity index (χ1v) is 7.06. The van der Waals surface area contributed by atoms with Crippen molar-refractivity contribution in [3.63, 3.8) is 0 Å². The van der Waals surface area contributed by atoms with Gasteiger partial charge in [-0.1, -0.05) is 11.6 Å². The highest BCUT2D eigenvalue weighted by Gasteiger charge is 2.32. The van der Waals surface area contributed by atoms with Gasteiger partial charge >= 0.3 is 0 Å². The van der Waals surface area contributed by atoms with Crippen molar-refractivity contribution in [3.05, 3.63) is 28.8 Å². The molecule has 1 unspecified atom stereocenters. The van der Waals surface area contributed by atoms with Crippen LogP contribution in [0, 0.1) is 0 Å². The molecule has 4 nitrogen and oxygen atoms in total. The van der Waals surface area contributed by atoms with Crippen molar-refractivity contribution in [3.8, 4) is 5.75 Å². The minimum absolute atomic E-state index is 0.0935. The van der Waals surface area contributed by atoms with Gasteiger partial charge in [-0.15, -0.1) is 0 Å². The molecule has 0 aromatic heterocycles. The Labute approximate surface area is 117 Å². The standard InChI is InChI=1S/C14H17ClN2O2/c15-11-2-3-12-10(8-11)9-13(19-12)14(18)17-6-1-4-16-5-7-17/h2-3,8,13,16H,1,4-7,9H2. The Morgan fingerprint density at radius 1 is 1.37 bits per heavy atom. The quantitative estimate of drug-likeness (QED) is 0.847. The lowest BCUT2D eigenvalue weighted by molar-refractivity contribution is -0.137. The van der Waals surface area contributed by atoms with Crippen LogP contribution in [0.1, 0.15) is 12.0 Å². The molecule has 1 aromatic carbocycles. The van der Waals surface area contributed by atoms with E-state index >= 15 is 0 Å². The van der Waals surface area contributed by atoms with Crippen molar-refractivity contribution in [1.82, 2.24) is 10.2 Å². The zero-order chi connectivity index (χ0) is 13.2. The fourth-order valence-corrected chi connectivity index (χ4v) is 2.82. The number of hydrogen-bond acceptors (Lipinski definition) is 3. The average Bonchev–Trinajstić information content (AvgIpc) is 2.64. The molecule has 0 aliphatic carbocycles. The number of amides is 1. The fourth-order valence-electron chi connectivity index (χ4n) is 2.62. The Morgan fingerprint density at radius 3 is 3.16 bits per heavy atom. The second-order valence-electron chi connectivity index (χ2n) is 4.99.